The van der Waals surface area contributed by atoms with Crippen LogP contribution in [-0.4, -0.2) is 17.3 Å². The lowest BCUT2D eigenvalue weighted by Crippen LogP contribution is -2.25. The van der Waals surface area contributed by atoms with Gasteiger partial charge in [0.15, 0.2) is 0 Å². The Morgan fingerprint density at radius 2 is 1.94 bits per heavy atom. The summed E-state index contributed by atoms with van der Waals surface area (Å²) in [6.45, 7) is 2.76. The molecule has 0 saturated heterocycles. The first-order chi connectivity index (χ1) is 8.66. The number of carbonyl (C=O) groups excluding carboxylic acids is 1. The highest BCUT2D eigenvalue weighted by Crippen LogP contribution is 2.15. The van der Waals surface area contributed by atoms with Crippen molar-refractivity contribution in [3.63, 3.8) is 0 Å². The molecular weight excluding hydrogens is 290 g/mol. The molecule has 1 amide bonds. The van der Waals surface area contributed by atoms with Gasteiger partial charge in [-0.2, -0.15) is 0 Å². The molecule has 0 heterocycles. The lowest BCUT2D eigenvalue weighted by Gasteiger charge is -2.07. The fourth-order valence-electron chi connectivity index (χ4n) is 1.82. The Morgan fingerprint density at radius 1 is 1.22 bits per heavy atom. The van der Waals surface area contributed by atoms with Crippen LogP contribution in [0, 0.1) is 0 Å². The molecule has 0 radical (unpaired) electrons. The van der Waals surface area contributed by atoms with Crippen LogP contribution in [0.15, 0.2) is 42.5 Å². The normalized spacial score (nSPS) is 12.3. The Bertz CT molecular complexity index is 551. The van der Waals surface area contributed by atoms with Gasteiger partial charge in [-0.25, -0.2) is 0 Å². The van der Waals surface area contributed by atoms with Gasteiger partial charge < -0.3 is 5.32 Å². The van der Waals surface area contributed by atoms with Crippen molar-refractivity contribution in [3.8, 4) is 0 Å². The van der Waals surface area contributed by atoms with Gasteiger partial charge in [0.2, 0.25) is 0 Å². The summed E-state index contributed by atoms with van der Waals surface area (Å²) < 4.78 is 0. The number of benzene rings is 2. The highest BCUT2D eigenvalue weighted by Gasteiger charge is 2.06. The molecule has 1 unspecified atom stereocenters. The average molecular weight is 306 g/mol. The summed E-state index contributed by atoms with van der Waals surface area (Å²) in [6, 6.07) is 13.8. The van der Waals surface area contributed by atoms with Crippen LogP contribution in [0.25, 0.3) is 10.8 Å². The van der Waals surface area contributed by atoms with Crippen LogP contribution < -0.4 is 5.32 Å². The minimum Gasteiger partial charge on any atom is -0.352 e. The highest BCUT2D eigenvalue weighted by atomic mass is 79.9. The van der Waals surface area contributed by atoms with E-state index in [1.54, 1.807) is 0 Å². The predicted molar refractivity (Wildman–Crippen MR) is 79.3 cm³/mol. The van der Waals surface area contributed by atoms with E-state index in [1.807, 2.05) is 42.5 Å². The summed E-state index contributed by atoms with van der Waals surface area (Å²) in [5.74, 6) is -0.00565. The first-order valence-electron chi connectivity index (χ1n) is 6.08. The van der Waals surface area contributed by atoms with Crippen molar-refractivity contribution in [1.82, 2.24) is 5.32 Å². The Morgan fingerprint density at radius 3 is 2.67 bits per heavy atom. The van der Waals surface area contributed by atoms with Crippen LogP contribution >= 0.6 is 15.9 Å². The van der Waals surface area contributed by atoms with Gasteiger partial charge in [-0.1, -0.05) is 53.2 Å². The van der Waals surface area contributed by atoms with E-state index in [4.69, 9.17) is 0 Å². The van der Waals surface area contributed by atoms with Gasteiger partial charge in [0.25, 0.3) is 5.91 Å². The van der Waals surface area contributed by atoms with Crippen molar-refractivity contribution < 1.29 is 4.79 Å². The number of fused-ring (bicyclic) bond motifs is 1. The van der Waals surface area contributed by atoms with E-state index >= 15 is 0 Å². The quantitative estimate of drug-likeness (QED) is 0.857. The van der Waals surface area contributed by atoms with E-state index in [0.717, 1.165) is 22.8 Å². The molecule has 3 heteroatoms. The number of nitrogens with one attached hydrogen (secondary N) is 1. The lowest BCUT2D eigenvalue weighted by molar-refractivity contribution is 0.0953. The van der Waals surface area contributed by atoms with Gasteiger partial charge in [0, 0.05) is 16.9 Å². The molecule has 1 N–H and O–H groups in total. The number of amides is 1. The third kappa shape index (κ3) is 3.33. The zero-order valence-corrected chi connectivity index (χ0v) is 11.9. The van der Waals surface area contributed by atoms with E-state index in [9.17, 15) is 4.79 Å². The number of hydrogen-bond donors (Lipinski definition) is 1. The van der Waals surface area contributed by atoms with E-state index in [2.05, 4.69) is 28.2 Å². The zero-order valence-electron chi connectivity index (χ0n) is 10.3. The summed E-state index contributed by atoms with van der Waals surface area (Å²) in [5.41, 5.74) is 0.718. The fourth-order valence-corrected chi connectivity index (χ4v) is 2.05. The van der Waals surface area contributed by atoms with Crippen LogP contribution in [0.5, 0.6) is 0 Å². The number of rotatable bonds is 4. The molecular formula is C15H16BrNO. The van der Waals surface area contributed by atoms with Gasteiger partial charge in [0.05, 0.1) is 0 Å². The molecule has 94 valence electrons. The summed E-state index contributed by atoms with van der Waals surface area (Å²) in [6.07, 6.45) is 0.930. The van der Waals surface area contributed by atoms with Crippen molar-refractivity contribution >= 4 is 32.6 Å². The summed E-state index contributed by atoms with van der Waals surface area (Å²) in [7, 11) is 0. The van der Waals surface area contributed by atoms with Gasteiger partial charge in [-0.3, -0.25) is 4.79 Å². The Kier molecular flexibility index (Phi) is 4.37. The molecule has 2 aromatic carbocycles. The predicted octanol–water partition coefficient (Wildman–Crippen LogP) is 3.74. The van der Waals surface area contributed by atoms with Crippen LogP contribution in [0.4, 0.5) is 0 Å². The topological polar surface area (TPSA) is 29.1 Å². The van der Waals surface area contributed by atoms with Gasteiger partial charge in [-0.05, 0) is 29.3 Å². The largest absolute Gasteiger partial charge is 0.352 e. The van der Waals surface area contributed by atoms with Crippen molar-refractivity contribution in [2.45, 2.75) is 18.2 Å². The van der Waals surface area contributed by atoms with Crippen molar-refractivity contribution in [3.05, 3.63) is 48.0 Å². The molecule has 0 bridgehead atoms. The smallest absolute Gasteiger partial charge is 0.251 e. The summed E-state index contributed by atoms with van der Waals surface area (Å²) in [4.78, 5) is 12.4. The third-order valence-corrected chi connectivity index (χ3v) is 3.30. The first kappa shape index (κ1) is 13.1. The summed E-state index contributed by atoms with van der Waals surface area (Å²) in [5, 5.41) is 5.18. The monoisotopic (exact) mass is 305 g/mol. The molecule has 0 aliphatic carbocycles. The Labute approximate surface area is 116 Å². The van der Waals surface area contributed by atoms with Crippen LogP contribution in [0.2, 0.25) is 0 Å². The number of carbonyl (C=O) groups is 1. The van der Waals surface area contributed by atoms with Gasteiger partial charge in [-0.15, -0.1) is 0 Å². The second-order valence-electron chi connectivity index (χ2n) is 4.39. The molecule has 18 heavy (non-hydrogen) atoms. The molecule has 2 rings (SSSR count). The highest BCUT2D eigenvalue weighted by molar-refractivity contribution is 9.09. The maximum absolute atomic E-state index is 11.9. The van der Waals surface area contributed by atoms with E-state index in [0.29, 0.717) is 11.4 Å². The molecule has 0 spiro atoms. The SMILES string of the molecule is CC(Br)CCNC(=O)c1ccc2ccccc2c1. The second-order valence-corrected chi connectivity index (χ2v) is 5.95. The third-order valence-electron chi connectivity index (χ3n) is 2.84. The maximum atomic E-state index is 11.9. The summed E-state index contributed by atoms with van der Waals surface area (Å²) >= 11 is 3.46. The minimum absolute atomic E-state index is 0.00565. The molecule has 2 aromatic rings. The van der Waals surface area contributed by atoms with Gasteiger partial charge >= 0.3 is 0 Å². The number of halogens is 1. The second kappa shape index (κ2) is 6.01. The maximum Gasteiger partial charge on any atom is 0.251 e. The molecule has 2 nitrogen and oxygen atoms in total. The standard InChI is InChI=1S/C15H16BrNO/c1-11(16)8-9-17-15(18)14-7-6-12-4-2-3-5-13(12)10-14/h2-7,10-11H,8-9H2,1H3,(H,17,18). The molecule has 1 atom stereocenters. The van der Waals surface area contributed by atoms with Crippen LogP contribution in [0.3, 0.4) is 0 Å². The molecule has 0 aromatic heterocycles. The number of hydrogen-bond acceptors (Lipinski definition) is 1. The molecule has 0 aliphatic rings. The van der Waals surface area contributed by atoms with Crippen LogP contribution in [-0.2, 0) is 0 Å². The minimum atomic E-state index is -0.00565. The Hall–Kier alpha value is -1.35. The van der Waals surface area contributed by atoms with Crippen molar-refractivity contribution in [2.75, 3.05) is 6.54 Å². The van der Waals surface area contributed by atoms with E-state index < -0.39 is 0 Å². The average Bonchev–Trinajstić information content (AvgIpc) is 2.37. The van der Waals surface area contributed by atoms with Gasteiger partial charge in [0.1, 0.15) is 0 Å². The Balaban J connectivity index is 2.08. The zero-order chi connectivity index (χ0) is 13.0. The fraction of sp³-hybridized carbons (Fsp3) is 0.267. The molecule has 0 aliphatic heterocycles. The van der Waals surface area contributed by atoms with Crippen molar-refractivity contribution in [1.29, 1.82) is 0 Å². The van der Waals surface area contributed by atoms with E-state index in [-0.39, 0.29) is 5.91 Å². The van der Waals surface area contributed by atoms with E-state index in [1.165, 1.54) is 0 Å². The first-order valence-corrected chi connectivity index (χ1v) is 6.99. The molecule has 0 saturated carbocycles. The lowest BCUT2D eigenvalue weighted by atomic mass is 10.1. The number of alkyl halides is 1. The van der Waals surface area contributed by atoms with Crippen LogP contribution in [0.1, 0.15) is 23.7 Å². The molecule has 0 fully saturated rings. The van der Waals surface area contributed by atoms with Crippen molar-refractivity contribution in [2.24, 2.45) is 0 Å².